The van der Waals surface area contributed by atoms with Gasteiger partial charge in [-0.15, -0.1) is 11.6 Å². The van der Waals surface area contributed by atoms with Gasteiger partial charge >= 0.3 is 0 Å². The highest BCUT2D eigenvalue weighted by atomic mass is 35.5. The van der Waals surface area contributed by atoms with Crippen LogP contribution in [-0.2, 0) is 0 Å². The first-order chi connectivity index (χ1) is 9.58. The van der Waals surface area contributed by atoms with Crippen molar-refractivity contribution in [1.29, 1.82) is 0 Å². The number of phenols is 1. The Labute approximate surface area is 123 Å². The van der Waals surface area contributed by atoms with Crippen LogP contribution in [-0.4, -0.2) is 17.6 Å². The fourth-order valence-corrected chi connectivity index (χ4v) is 2.08. The molecule has 0 spiro atoms. The molecule has 0 saturated carbocycles. The molecule has 0 aromatic heterocycles. The van der Waals surface area contributed by atoms with Gasteiger partial charge in [-0.1, -0.05) is 30.3 Å². The maximum Gasteiger partial charge on any atom is 0.251 e. The van der Waals surface area contributed by atoms with Crippen molar-refractivity contribution in [3.8, 4) is 5.75 Å². The van der Waals surface area contributed by atoms with Crippen molar-refractivity contribution in [1.82, 2.24) is 5.32 Å². The lowest BCUT2D eigenvalue weighted by Gasteiger charge is -2.11. The molecule has 20 heavy (non-hydrogen) atoms. The van der Waals surface area contributed by atoms with Gasteiger partial charge in [-0.2, -0.15) is 0 Å². The average Bonchev–Trinajstić information content (AvgIpc) is 2.48. The third-order valence-electron chi connectivity index (χ3n) is 3.06. The van der Waals surface area contributed by atoms with E-state index in [4.69, 9.17) is 11.6 Å². The highest BCUT2D eigenvalue weighted by Gasteiger charge is 2.11. The minimum Gasteiger partial charge on any atom is -0.508 e. The van der Waals surface area contributed by atoms with Gasteiger partial charge in [0.1, 0.15) is 5.75 Å². The van der Waals surface area contributed by atoms with Crippen molar-refractivity contribution >= 4 is 17.5 Å². The molecule has 1 unspecified atom stereocenters. The number of benzene rings is 2. The predicted molar refractivity (Wildman–Crippen MR) is 80.2 cm³/mol. The number of rotatable bonds is 4. The molecule has 2 rings (SSSR count). The smallest absolute Gasteiger partial charge is 0.251 e. The second-order valence-corrected chi connectivity index (χ2v) is 5.12. The highest BCUT2D eigenvalue weighted by molar-refractivity contribution is 6.21. The summed E-state index contributed by atoms with van der Waals surface area (Å²) in [6, 6.07) is 14.3. The van der Waals surface area contributed by atoms with Crippen LogP contribution in [0.1, 0.15) is 26.9 Å². The quantitative estimate of drug-likeness (QED) is 0.848. The van der Waals surface area contributed by atoms with Crippen molar-refractivity contribution in [3.05, 3.63) is 65.2 Å². The van der Waals surface area contributed by atoms with E-state index in [0.29, 0.717) is 17.7 Å². The van der Waals surface area contributed by atoms with Crippen LogP contribution >= 0.6 is 11.6 Å². The number of aryl methyl sites for hydroxylation is 1. The Morgan fingerprint density at radius 3 is 2.60 bits per heavy atom. The molecule has 2 aromatic carbocycles. The summed E-state index contributed by atoms with van der Waals surface area (Å²) >= 11 is 6.24. The van der Waals surface area contributed by atoms with Crippen molar-refractivity contribution in [2.75, 3.05) is 6.54 Å². The van der Waals surface area contributed by atoms with Crippen LogP contribution in [0.5, 0.6) is 5.75 Å². The third kappa shape index (κ3) is 3.52. The molecule has 1 atom stereocenters. The van der Waals surface area contributed by atoms with Crippen LogP contribution in [0.4, 0.5) is 0 Å². The van der Waals surface area contributed by atoms with Gasteiger partial charge in [0.05, 0.1) is 5.38 Å². The summed E-state index contributed by atoms with van der Waals surface area (Å²) in [4.78, 5) is 12.0. The molecule has 0 saturated heterocycles. The second-order valence-electron chi connectivity index (χ2n) is 4.59. The second kappa shape index (κ2) is 6.44. The number of carbonyl (C=O) groups excluding carboxylic acids is 1. The maximum absolute atomic E-state index is 12.0. The minimum atomic E-state index is -0.265. The van der Waals surface area contributed by atoms with E-state index < -0.39 is 0 Å². The van der Waals surface area contributed by atoms with Crippen molar-refractivity contribution < 1.29 is 9.90 Å². The standard InChI is InChI=1S/C16H16ClNO2/c1-11-9-13(7-8-15(11)19)16(20)18-10-14(17)12-5-3-2-4-6-12/h2-9,14,19H,10H2,1H3,(H,18,20). The van der Waals surface area contributed by atoms with Crippen molar-refractivity contribution in [3.63, 3.8) is 0 Å². The molecule has 2 N–H and O–H groups in total. The fraction of sp³-hybridized carbons (Fsp3) is 0.188. The van der Waals surface area contributed by atoms with Crippen LogP contribution in [0.15, 0.2) is 48.5 Å². The molecule has 0 radical (unpaired) electrons. The highest BCUT2D eigenvalue weighted by Crippen LogP contribution is 2.20. The van der Waals surface area contributed by atoms with Gasteiger partial charge in [0.25, 0.3) is 5.91 Å². The van der Waals surface area contributed by atoms with E-state index in [1.54, 1.807) is 19.1 Å². The zero-order valence-corrected chi connectivity index (χ0v) is 11.9. The molecule has 0 heterocycles. The Balaban J connectivity index is 1.97. The van der Waals surface area contributed by atoms with Crippen LogP contribution in [0.2, 0.25) is 0 Å². The molecule has 1 amide bonds. The Morgan fingerprint density at radius 2 is 1.95 bits per heavy atom. The van der Waals surface area contributed by atoms with E-state index >= 15 is 0 Å². The first-order valence-electron chi connectivity index (χ1n) is 6.35. The van der Waals surface area contributed by atoms with Gasteiger partial charge in [-0.05, 0) is 36.2 Å². The number of phenolic OH excluding ortho intramolecular Hbond substituents is 1. The molecule has 104 valence electrons. The molecule has 0 aliphatic rings. The molecular weight excluding hydrogens is 274 g/mol. The minimum absolute atomic E-state index is 0.182. The van der Waals surface area contributed by atoms with Gasteiger partial charge in [-0.25, -0.2) is 0 Å². The van der Waals surface area contributed by atoms with E-state index in [0.717, 1.165) is 5.56 Å². The Hall–Kier alpha value is -2.00. The van der Waals surface area contributed by atoms with Crippen LogP contribution < -0.4 is 5.32 Å². The molecule has 0 fully saturated rings. The lowest BCUT2D eigenvalue weighted by Crippen LogP contribution is -2.26. The average molecular weight is 290 g/mol. The summed E-state index contributed by atoms with van der Waals surface area (Å²) in [7, 11) is 0. The Bertz CT molecular complexity index is 599. The summed E-state index contributed by atoms with van der Waals surface area (Å²) in [5.41, 5.74) is 2.15. The molecule has 4 heteroatoms. The van der Waals surface area contributed by atoms with Gasteiger partial charge in [0.2, 0.25) is 0 Å². The number of carbonyl (C=O) groups is 1. The van der Waals surface area contributed by atoms with Crippen LogP contribution in [0.3, 0.4) is 0 Å². The van der Waals surface area contributed by atoms with Gasteiger partial charge in [-0.3, -0.25) is 4.79 Å². The number of hydrogen-bond acceptors (Lipinski definition) is 2. The van der Waals surface area contributed by atoms with E-state index in [1.807, 2.05) is 30.3 Å². The van der Waals surface area contributed by atoms with Gasteiger partial charge < -0.3 is 10.4 Å². The normalized spacial score (nSPS) is 11.9. The Morgan fingerprint density at radius 1 is 1.25 bits per heavy atom. The number of alkyl halides is 1. The monoisotopic (exact) mass is 289 g/mol. The van der Waals surface area contributed by atoms with Gasteiger partial charge in [0.15, 0.2) is 0 Å². The van der Waals surface area contributed by atoms with Crippen LogP contribution in [0, 0.1) is 6.92 Å². The molecule has 0 bridgehead atoms. The SMILES string of the molecule is Cc1cc(C(=O)NCC(Cl)c2ccccc2)ccc1O. The summed E-state index contributed by atoms with van der Waals surface area (Å²) < 4.78 is 0. The van der Waals surface area contributed by atoms with Crippen molar-refractivity contribution in [2.24, 2.45) is 0 Å². The number of aromatic hydroxyl groups is 1. The summed E-state index contributed by atoms with van der Waals surface area (Å²) in [6.45, 7) is 2.10. The fourth-order valence-electron chi connectivity index (χ4n) is 1.86. The first kappa shape index (κ1) is 14.4. The molecule has 0 aliphatic carbocycles. The topological polar surface area (TPSA) is 49.3 Å². The zero-order valence-electron chi connectivity index (χ0n) is 11.1. The first-order valence-corrected chi connectivity index (χ1v) is 6.78. The molecule has 2 aromatic rings. The molecule has 0 aliphatic heterocycles. The predicted octanol–water partition coefficient (Wildman–Crippen LogP) is 3.41. The van der Waals surface area contributed by atoms with E-state index in [2.05, 4.69) is 5.32 Å². The molecule has 3 nitrogen and oxygen atoms in total. The number of nitrogens with one attached hydrogen (secondary N) is 1. The third-order valence-corrected chi connectivity index (χ3v) is 3.47. The lowest BCUT2D eigenvalue weighted by molar-refractivity contribution is 0.0953. The number of amides is 1. The van der Waals surface area contributed by atoms with E-state index in [1.165, 1.54) is 6.07 Å². The summed E-state index contributed by atoms with van der Waals surface area (Å²) in [6.07, 6.45) is 0. The van der Waals surface area contributed by atoms with E-state index in [9.17, 15) is 9.90 Å². The Kier molecular flexibility index (Phi) is 4.64. The maximum atomic E-state index is 12.0. The van der Waals surface area contributed by atoms with E-state index in [-0.39, 0.29) is 17.0 Å². The largest absolute Gasteiger partial charge is 0.508 e. The van der Waals surface area contributed by atoms with Crippen molar-refractivity contribution in [2.45, 2.75) is 12.3 Å². The summed E-state index contributed by atoms with van der Waals surface area (Å²) in [5.74, 6) is -0.0178. The molecular formula is C16H16ClNO2. The number of hydrogen-bond donors (Lipinski definition) is 2. The lowest BCUT2D eigenvalue weighted by atomic mass is 10.1. The zero-order chi connectivity index (χ0) is 14.5. The summed E-state index contributed by atoms with van der Waals surface area (Å²) in [5, 5.41) is 12.0. The van der Waals surface area contributed by atoms with Crippen LogP contribution in [0.25, 0.3) is 0 Å². The number of halogens is 1. The van der Waals surface area contributed by atoms with Gasteiger partial charge in [0, 0.05) is 12.1 Å².